The van der Waals surface area contributed by atoms with Crippen LogP contribution in [0.3, 0.4) is 0 Å². The summed E-state index contributed by atoms with van der Waals surface area (Å²) in [7, 11) is 0. The monoisotopic (exact) mass is 138 g/mol. The van der Waals surface area contributed by atoms with Crippen molar-refractivity contribution in [1.29, 1.82) is 0 Å². The van der Waals surface area contributed by atoms with Crippen LogP contribution < -0.4 is 0 Å². The second-order valence-corrected chi connectivity index (χ2v) is 2.74. The van der Waals surface area contributed by atoms with Crippen molar-refractivity contribution in [3.63, 3.8) is 0 Å². The Balaban J connectivity index is 0. The van der Waals surface area contributed by atoms with Gasteiger partial charge >= 0.3 is 0 Å². The summed E-state index contributed by atoms with van der Waals surface area (Å²) in [5.74, 6) is 0. The van der Waals surface area contributed by atoms with E-state index >= 15 is 0 Å². The molecule has 0 atom stereocenters. The summed E-state index contributed by atoms with van der Waals surface area (Å²) < 4.78 is 4.01. The van der Waals surface area contributed by atoms with Crippen LogP contribution in [0.4, 0.5) is 0 Å². The van der Waals surface area contributed by atoms with E-state index < -0.39 is 0 Å². The molecule has 0 amide bonds. The first-order valence-corrected chi connectivity index (χ1v) is 4.29. The normalized spacial score (nSPS) is 6.71. The highest BCUT2D eigenvalue weighted by atomic mass is 35.5. The first-order chi connectivity index (χ1) is 3.33. The van der Waals surface area contributed by atoms with Crippen molar-refractivity contribution in [1.82, 2.24) is 0 Å². The van der Waals surface area contributed by atoms with Crippen LogP contribution in [0.2, 0.25) is 5.28 Å². The van der Waals surface area contributed by atoms with Crippen molar-refractivity contribution < 1.29 is 4.29 Å². The summed E-state index contributed by atoms with van der Waals surface area (Å²) >= 11 is 6.05. The van der Waals surface area contributed by atoms with E-state index in [0.29, 0.717) is 6.61 Å². The molecule has 0 radical (unpaired) electrons. The van der Waals surface area contributed by atoms with Crippen molar-refractivity contribution in [2.75, 3.05) is 6.61 Å². The summed E-state index contributed by atoms with van der Waals surface area (Å²) in [6, 6.07) is 0. The highest BCUT2D eigenvalue weighted by Crippen LogP contribution is 1.71. The van der Waals surface area contributed by atoms with Crippen LogP contribution in [-0.4, -0.2) is 22.9 Å². The Hall–Kier alpha value is 0.782. The van der Waals surface area contributed by atoms with Crippen LogP contribution >= 0.6 is 11.9 Å². The fraction of sp³-hybridized carbons (Fsp3) is 1.00. The maximum atomic E-state index is 4.69. The van der Waals surface area contributed by atoms with Crippen LogP contribution in [0.5, 0.6) is 0 Å². The highest BCUT2D eigenvalue weighted by molar-refractivity contribution is 6.08. The highest BCUT2D eigenvalue weighted by Gasteiger charge is 1.55. The second kappa shape index (κ2) is 15.9. The molecular formula is C4H12AlClO. The molecule has 0 fully saturated rings. The minimum atomic E-state index is 0.585. The predicted molar refractivity (Wildman–Crippen MR) is 36.5 cm³/mol. The molecule has 0 aromatic carbocycles. The van der Waals surface area contributed by atoms with Gasteiger partial charge in [0.25, 0.3) is 0 Å². The third kappa shape index (κ3) is 48.8. The molecule has 1 nitrogen and oxygen atoms in total. The average Bonchev–Trinajstić information content (AvgIpc) is 1.69. The van der Waals surface area contributed by atoms with E-state index in [9.17, 15) is 0 Å². The summed E-state index contributed by atoms with van der Waals surface area (Å²) in [5, 5.41) is 1.39. The van der Waals surface area contributed by atoms with Crippen LogP contribution in [0.15, 0.2) is 0 Å². The molecule has 0 aliphatic rings. The van der Waals surface area contributed by atoms with Gasteiger partial charge in [-0.15, -0.1) is 5.28 Å². The van der Waals surface area contributed by atoms with Gasteiger partial charge in [0.05, 0.1) is 18.5 Å². The molecule has 0 aliphatic heterocycles. The number of hydrogen-bond acceptors (Lipinski definition) is 1. The minimum Gasteiger partial charge on any atom is -0.280 e. The second-order valence-electron chi connectivity index (χ2n) is 1.10. The predicted octanol–water partition coefficient (Wildman–Crippen LogP) is 1.23. The molecule has 0 saturated carbocycles. The van der Waals surface area contributed by atoms with E-state index in [2.05, 4.69) is 23.1 Å². The first kappa shape index (κ1) is 10.7. The fourth-order valence-electron chi connectivity index (χ4n) is 0. The fourth-order valence-corrected chi connectivity index (χ4v) is 0. The third-order valence-corrected chi connectivity index (χ3v) is 0.327. The zero-order valence-corrected chi connectivity index (χ0v) is 7.96. The Morgan fingerprint density at radius 2 is 1.71 bits per heavy atom. The Morgan fingerprint density at radius 1 is 1.57 bits per heavy atom. The Labute approximate surface area is 58.6 Å². The number of rotatable bonds is 1. The van der Waals surface area contributed by atoms with Gasteiger partial charge in [0.2, 0.25) is 16.3 Å². The van der Waals surface area contributed by atoms with E-state index in [-0.39, 0.29) is 0 Å². The van der Waals surface area contributed by atoms with Crippen molar-refractivity contribution in [2.45, 2.75) is 19.1 Å². The molecule has 0 rings (SSSR count). The Bertz CT molecular complexity index is 19.2. The molecule has 0 saturated heterocycles. The molecule has 0 aromatic heterocycles. The van der Waals surface area contributed by atoms with Gasteiger partial charge < -0.3 is 0 Å². The lowest BCUT2D eigenvalue weighted by Gasteiger charge is -1.70. The van der Waals surface area contributed by atoms with Crippen molar-refractivity contribution >= 4 is 28.2 Å². The van der Waals surface area contributed by atoms with E-state index in [1.165, 1.54) is 21.6 Å². The molecule has 0 N–H and O–H groups in total. The average molecular weight is 139 g/mol. The van der Waals surface area contributed by atoms with Crippen molar-refractivity contribution in [3.8, 4) is 0 Å². The van der Waals surface area contributed by atoms with E-state index in [1.54, 1.807) is 0 Å². The van der Waals surface area contributed by atoms with Gasteiger partial charge in [-0.2, -0.15) is 0 Å². The van der Waals surface area contributed by atoms with Crippen LogP contribution in [0, 0.1) is 0 Å². The van der Waals surface area contributed by atoms with E-state index in [4.69, 9.17) is 0 Å². The van der Waals surface area contributed by atoms with E-state index in [0.717, 1.165) is 0 Å². The topological polar surface area (TPSA) is 9.23 Å². The zero-order valence-electron chi connectivity index (χ0n) is 5.20. The quantitative estimate of drug-likeness (QED) is 0.496. The van der Waals surface area contributed by atoms with Crippen LogP contribution in [-0.2, 0) is 4.29 Å². The Kier molecular flexibility index (Phi) is 24.2. The minimum absolute atomic E-state index is 0.585. The lowest BCUT2D eigenvalue weighted by molar-refractivity contribution is 0.378. The number of halogens is 1. The summed E-state index contributed by atoms with van der Waals surface area (Å²) in [5.41, 5.74) is 0. The van der Waals surface area contributed by atoms with Gasteiger partial charge in [0.15, 0.2) is 0 Å². The standard InChI is InChI=1S/C2H5ClO.C2H5.Al.2H/c1-2-4-3;1-2;;;/h2H2,1H3;1H2,2H3;;;. The summed E-state index contributed by atoms with van der Waals surface area (Å²) in [4.78, 5) is 0. The molecule has 44 valence electrons. The molecule has 0 aromatic rings. The van der Waals surface area contributed by atoms with Gasteiger partial charge in [-0.1, -0.05) is 6.92 Å². The van der Waals surface area contributed by atoms with E-state index in [1.807, 2.05) is 6.92 Å². The Morgan fingerprint density at radius 3 is 1.71 bits per heavy atom. The molecule has 0 unspecified atom stereocenters. The van der Waals surface area contributed by atoms with Gasteiger partial charge in [0.1, 0.15) is 0 Å². The smallest absolute Gasteiger partial charge is 0.211 e. The molecule has 0 bridgehead atoms. The molecule has 0 aliphatic carbocycles. The lowest BCUT2D eigenvalue weighted by atomic mass is 10.9. The maximum Gasteiger partial charge on any atom is 0.211 e. The van der Waals surface area contributed by atoms with Crippen LogP contribution in [0.1, 0.15) is 13.8 Å². The molecule has 0 spiro atoms. The van der Waals surface area contributed by atoms with Crippen molar-refractivity contribution in [3.05, 3.63) is 0 Å². The largest absolute Gasteiger partial charge is 0.280 e. The summed E-state index contributed by atoms with van der Waals surface area (Å²) in [6.45, 7) is 4.60. The maximum absolute atomic E-state index is 4.69. The SMILES string of the molecule is CCOCl.C[CH2][AlH2]. The lowest BCUT2D eigenvalue weighted by Crippen LogP contribution is -1.64. The van der Waals surface area contributed by atoms with Gasteiger partial charge in [0, 0.05) is 0 Å². The molecular weight excluding hydrogens is 126 g/mol. The van der Waals surface area contributed by atoms with Gasteiger partial charge in [-0.25, -0.2) is 0 Å². The molecule has 0 heterocycles. The third-order valence-electron chi connectivity index (χ3n) is 0.109. The molecule has 3 heteroatoms. The van der Waals surface area contributed by atoms with Crippen molar-refractivity contribution in [2.24, 2.45) is 0 Å². The van der Waals surface area contributed by atoms with Crippen LogP contribution in [0.25, 0.3) is 0 Å². The zero-order chi connectivity index (χ0) is 6.12. The first-order valence-electron chi connectivity index (χ1n) is 2.56. The van der Waals surface area contributed by atoms with Gasteiger partial charge in [-0.05, 0) is 6.92 Å². The number of hydrogen-bond donors (Lipinski definition) is 0. The molecule has 7 heavy (non-hydrogen) atoms. The van der Waals surface area contributed by atoms with Gasteiger partial charge in [-0.3, -0.25) is 4.29 Å². The summed E-state index contributed by atoms with van der Waals surface area (Å²) in [6.07, 6.45) is 0.